The molecule has 0 aliphatic carbocycles. The predicted octanol–water partition coefficient (Wildman–Crippen LogP) is 2.45. The smallest absolute Gasteiger partial charge is 0.265 e. The van der Waals surface area contributed by atoms with Crippen LogP contribution in [0.4, 0.5) is 5.69 Å². The van der Waals surface area contributed by atoms with Crippen molar-refractivity contribution in [3.05, 3.63) is 40.7 Å². The number of nitrogens with zero attached hydrogens (tertiary/aromatic N) is 2. The number of aryl methyl sites for hydroxylation is 4. The van der Waals surface area contributed by atoms with E-state index in [4.69, 9.17) is 0 Å². The van der Waals surface area contributed by atoms with E-state index in [1.807, 2.05) is 32.9 Å². The normalized spacial score (nSPS) is 11.7. The van der Waals surface area contributed by atoms with Crippen LogP contribution in [0.5, 0.6) is 0 Å². The Morgan fingerprint density at radius 3 is 2.10 bits per heavy atom. The van der Waals surface area contributed by atoms with Gasteiger partial charge in [-0.15, -0.1) is 0 Å². The summed E-state index contributed by atoms with van der Waals surface area (Å²) < 4.78 is 29.1. The Labute approximate surface area is 119 Å². The highest BCUT2D eigenvalue weighted by atomic mass is 32.2. The van der Waals surface area contributed by atoms with Gasteiger partial charge in [-0.3, -0.25) is 9.40 Å². The summed E-state index contributed by atoms with van der Waals surface area (Å²) in [6, 6.07) is 3.92. The molecule has 1 aromatic carbocycles. The lowest BCUT2D eigenvalue weighted by atomic mass is 10.1. The lowest BCUT2D eigenvalue weighted by molar-refractivity contribution is 0.600. The van der Waals surface area contributed by atoms with Gasteiger partial charge in [0.15, 0.2) is 0 Å². The molecule has 2 rings (SSSR count). The van der Waals surface area contributed by atoms with E-state index in [1.54, 1.807) is 18.7 Å². The van der Waals surface area contributed by atoms with Crippen molar-refractivity contribution < 1.29 is 8.42 Å². The van der Waals surface area contributed by atoms with Crippen molar-refractivity contribution in [2.45, 2.75) is 32.6 Å². The van der Waals surface area contributed by atoms with E-state index in [-0.39, 0.29) is 4.90 Å². The average Bonchev–Trinajstić information content (AvgIpc) is 2.65. The fraction of sp³-hybridized carbons (Fsp3) is 0.357. The molecule has 6 heteroatoms. The minimum Gasteiger partial charge on any atom is -0.279 e. The minimum absolute atomic E-state index is 0.208. The summed E-state index contributed by atoms with van der Waals surface area (Å²) in [5.41, 5.74) is 4.18. The van der Waals surface area contributed by atoms with Crippen LogP contribution in [0.3, 0.4) is 0 Å². The Bertz CT molecular complexity index is 738. The Balaban J connectivity index is 2.47. The highest BCUT2D eigenvalue weighted by Gasteiger charge is 2.21. The molecule has 2 aromatic rings. The van der Waals surface area contributed by atoms with Crippen LogP contribution < -0.4 is 4.72 Å². The van der Waals surface area contributed by atoms with E-state index >= 15 is 0 Å². The minimum atomic E-state index is -3.61. The maximum Gasteiger partial charge on any atom is 0.265 e. The molecule has 0 atom stereocenters. The average molecular weight is 293 g/mol. The summed E-state index contributed by atoms with van der Waals surface area (Å²) in [6.07, 6.45) is 1.37. The zero-order valence-corrected chi connectivity index (χ0v) is 13.2. The number of aromatic nitrogens is 2. The summed E-state index contributed by atoms with van der Waals surface area (Å²) in [7, 11) is -1.90. The molecular formula is C14H19N3O2S. The molecule has 0 aliphatic rings. The van der Waals surface area contributed by atoms with E-state index in [0.29, 0.717) is 11.4 Å². The van der Waals surface area contributed by atoms with Crippen molar-refractivity contribution >= 4 is 15.7 Å². The van der Waals surface area contributed by atoms with Crippen LogP contribution >= 0.6 is 0 Å². The molecule has 20 heavy (non-hydrogen) atoms. The molecule has 1 heterocycles. The van der Waals surface area contributed by atoms with Gasteiger partial charge in [0.2, 0.25) is 0 Å². The van der Waals surface area contributed by atoms with Crippen molar-refractivity contribution in [1.82, 2.24) is 9.78 Å². The second-order valence-electron chi connectivity index (χ2n) is 5.10. The molecular weight excluding hydrogens is 274 g/mol. The summed E-state index contributed by atoms with van der Waals surface area (Å²) in [6.45, 7) is 7.52. The highest BCUT2D eigenvalue weighted by Crippen LogP contribution is 2.25. The summed E-state index contributed by atoms with van der Waals surface area (Å²) in [5.74, 6) is 0. The zero-order chi connectivity index (χ0) is 15.1. The van der Waals surface area contributed by atoms with Crippen LogP contribution in [-0.2, 0) is 17.1 Å². The van der Waals surface area contributed by atoms with E-state index in [1.165, 1.54) is 6.20 Å². The quantitative estimate of drug-likeness (QED) is 0.945. The molecule has 0 unspecified atom stereocenters. The Kier molecular flexibility index (Phi) is 3.60. The van der Waals surface area contributed by atoms with Gasteiger partial charge in [-0.05, 0) is 38.8 Å². The first kappa shape index (κ1) is 14.6. The summed E-state index contributed by atoms with van der Waals surface area (Å²) in [4.78, 5) is 0.208. The molecule has 0 radical (unpaired) electrons. The first-order valence-corrected chi connectivity index (χ1v) is 7.80. The van der Waals surface area contributed by atoms with Crippen molar-refractivity contribution in [2.24, 2.45) is 7.05 Å². The molecule has 108 valence electrons. The number of nitrogens with one attached hydrogen (secondary N) is 1. The monoisotopic (exact) mass is 293 g/mol. The molecule has 1 N–H and O–H groups in total. The van der Waals surface area contributed by atoms with Gasteiger partial charge in [-0.2, -0.15) is 5.10 Å². The Morgan fingerprint density at radius 2 is 1.65 bits per heavy atom. The third-order valence-corrected chi connectivity index (χ3v) is 4.85. The zero-order valence-electron chi connectivity index (χ0n) is 12.4. The first-order chi connectivity index (χ1) is 9.22. The number of hydrogen-bond acceptors (Lipinski definition) is 3. The molecule has 0 amide bonds. The van der Waals surface area contributed by atoms with Crippen molar-refractivity contribution in [1.29, 1.82) is 0 Å². The lowest BCUT2D eigenvalue weighted by Gasteiger charge is -2.14. The number of sulfonamides is 1. The topological polar surface area (TPSA) is 64.0 Å². The van der Waals surface area contributed by atoms with Gasteiger partial charge in [0, 0.05) is 7.05 Å². The first-order valence-electron chi connectivity index (χ1n) is 6.31. The molecule has 0 fully saturated rings. The maximum absolute atomic E-state index is 12.5. The van der Waals surface area contributed by atoms with Crippen LogP contribution in [0.25, 0.3) is 0 Å². The maximum atomic E-state index is 12.5. The van der Waals surface area contributed by atoms with Crippen molar-refractivity contribution in [2.75, 3.05) is 4.72 Å². The van der Waals surface area contributed by atoms with E-state index in [0.717, 1.165) is 16.7 Å². The van der Waals surface area contributed by atoms with Gasteiger partial charge in [-0.1, -0.05) is 17.7 Å². The number of rotatable bonds is 3. The molecule has 5 nitrogen and oxygen atoms in total. The van der Waals surface area contributed by atoms with Gasteiger partial charge in [-0.25, -0.2) is 8.42 Å². The molecule has 0 spiro atoms. The third-order valence-electron chi connectivity index (χ3n) is 3.39. The van der Waals surface area contributed by atoms with Gasteiger partial charge >= 0.3 is 0 Å². The van der Waals surface area contributed by atoms with Crippen LogP contribution in [0, 0.1) is 27.7 Å². The fourth-order valence-electron chi connectivity index (χ4n) is 2.27. The van der Waals surface area contributed by atoms with Gasteiger partial charge in [0.05, 0.1) is 17.6 Å². The Hall–Kier alpha value is -1.82. The van der Waals surface area contributed by atoms with Crippen molar-refractivity contribution in [3.8, 4) is 0 Å². The predicted molar refractivity (Wildman–Crippen MR) is 79.4 cm³/mol. The standard InChI is InChI=1S/C14H19N3O2S/c1-9-6-10(2)14(11(3)7-9)16-20(18,19)13-8-15-17(5)12(13)4/h6-8,16H,1-5H3. The number of anilines is 1. The van der Waals surface area contributed by atoms with Crippen LogP contribution in [0.15, 0.2) is 23.2 Å². The van der Waals surface area contributed by atoms with E-state index < -0.39 is 10.0 Å². The second-order valence-corrected chi connectivity index (χ2v) is 6.75. The number of hydrogen-bond donors (Lipinski definition) is 1. The fourth-order valence-corrected chi connectivity index (χ4v) is 3.68. The van der Waals surface area contributed by atoms with Crippen LogP contribution in [0.2, 0.25) is 0 Å². The number of benzene rings is 1. The Morgan fingerprint density at radius 1 is 1.10 bits per heavy atom. The lowest BCUT2D eigenvalue weighted by Crippen LogP contribution is -2.15. The van der Waals surface area contributed by atoms with Gasteiger partial charge in [0.25, 0.3) is 10.0 Å². The van der Waals surface area contributed by atoms with Gasteiger partial charge < -0.3 is 0 Å². The summed E-state index contributed by atoms with van der Waals surface area (Å²) >= 11 is 0. The molecule has 0 bridgehead atoms. The van der Waals surface area contributed by atoms with Crippen LogP contribution in [-0.4, -0.2) is 18.2 Å². The molecule has 0 saturated heterocycles. The largest absolute Gasteiger partial charge is 0.279 e. The summed E-state index contributed by atoms with van der Waals surface area (Å²) in [5, 5.41) is 3.98. The van der Waals surface area contributed by atoms with Crippen molar-refractivity contribution in [3.63, 3.8) is 0 Å². The molecule has 0 aliphatic heterocycles. The molecule has 1 aromatic heterocycles. The van der Waals surface area contributed by atoms with Crippen LogP contribution in [0.1, 0.15) is 22.4 Å². The molecule has 0 saturated carbocycles. The van der Waals surface area contributed by atoms with E-state index in [2.05, 4.69) is 9.82 Å². The van der Waals surface area contributed by atoms with Gasteiger partial charge in [0.1, 0.15) is 4.90 Å². The third kappa shape index (κ3) is 2.56. The SMILES string of the molecule is Cc1cc(C)c(NS(=O)(=O)c2cnn(C)c2C)c(C)c1. The highest BCUT2D eigenvalue weighted by molar-refractivity contribution is 7.92. The second kappa shape index (κ2) is 4.94. The van der Waals surface area contributed by atoms with E-state index in [9.17, 15) is 8.42 Å².